The lowest BCUT2D eigenvalue weighted by molar-refractivity contribution is -0.132. The van der Waals surface area contributed by atoms with E-state index >= 15 is 0 Å². The maximum absolute atomic E-state index is 12.3. The van der Waals surface area contributed by atoms with Crippen LogP contribution >= 0.6 is 0 Å². The standard InChI is InChI=1S/C17H23N3O3/c1-4-11-6-5-7-13(8-11)20-10-12(9-14(20)21)15(22)19-17(2,3)16(18)23/h5-8,12H,4,9-10H2,1-3H3,(H2,18,23)(H,19,22)/t12-/m1/s1. The molecule has 1 saturated heterocycles. The molecule has 0 saturated carbocycles. The predicted molar refractivity (Wildman–Crippen MR) is 87.7 cm³/mol. The molecule has 1 fully saturated rings. The average molecular weight is 317 g/mol. The van der Waals surface area contributed by atoms with E-state index < -0.39 is 17.4 Å². The Morgan fingerprint density at radius 2 is 2.09 bits per heavy atom. The highest BCUT2D eigenvalue weighted by molar-refractivity contribution is 6.01. The SMILES string of the molecule is CCc1cccc(N2C[C@H](C(=O)NC(C)(C)C(N)=O)CC2=O)c1. The number of primary amides is 1. The maximum atomic E-state index is 12.3. The third-order valence-electron chi connectivity index (χ3n) is 4.18. The fourth-order valence-electron chi connectivity index (χ4n) is 2.55. The molecule has 6 heteroatoms. The molecule has 0 spiro atoms. The highest BCUT2D eigenvalue weighted by Crippen LogP contribution is 2.26. The molecule has 124 valence electrons. The van der Waals surface area contributed by atoms with Crippen LogP contribution in [0.5, 0.6) is 0 Å². The predicted octanol–water partition coefficient (Wildman–Crippen LogP) is 0.982. The van der Waals surface area contributed by atoms with Gasteiger partial charge in [-0.15, -0.1) is 0 Å². The Morgan fingerprint density at radius 1 is 1.39 bits per heavy atom. The second-order valence-corrected chi connectivity index (χ2v) is 6.41. The van der Waals surface area contributed by atoms with Gasteiger partial charge in [-0.3, -0.25) is 14.4 Å². The average Bonchev–Trinajstić information content (AvgIpc) is 2.89. The summed E-state index contributed by atoms with van der Waals surface area (Å²) in [5, 5.41) is 2.62. The Labute approximate surface area is 136 Å². The van der Waals surface area contributed by atoms with Crippen molar-refractivity contribution in [1.29, 1.82) is 0 Å². The smallest absolute Gasteiger partial charge is 0.242 e. The lowest BCUT2D eigenvalue weighted by Gasteiger charge is -2.24. The molecule has 6 nitrogen and oxygen atoms in total. The van der Waals surface area contributed by atoms with Crippen molar-refractivity contribution >= 4 is 23.4 Å². The zero-order chi connectivity index (χ0) is 17.2. The van der Waals surface area contributed by atoms with Crippen molar-refractivity contribution in [2.24, 2.45) is 11.7 Å². The monoisotopic (exact) mass is 317 g/mol. The quantitative estimate of drug-likeness (QED) is 0.848. The minimum atomic E-state index is -1.13. The number of amides is 3. The molecule has 3 amide bonds. The van der Waals surface area contributed by atoms with E-state index in [0.717, 1.165) is 17.7 Å². The summed E-state index contributed by atoms with van der Waals surface area (Å²) in [6.45, 7) is 5.46. The molecule has 1 heterocycles. The number of nitrogens with zero attached hydrogens (tertiary/aromatic N) is 1. The molecule has 3 N–H and O–H groups in total. The zero-order valence-corrected chi connectivity index (χ0v) is 13.8. The van der Waals surface area contributed by atoms with Crippen LogP contribution in [0, 0.1) is 5.92 Å². The van der Waals surface area contributed by atoms with E-state index in [1.807, 2.05) is 31.2 Å². The highest BCUT2D eigenvalue weighted by Gasteiger charge is 2.38. The molecule has 0 aromatic heterocycles. The van der Waals surface area contributed by atoms with Gasteiger partial charge in [-0.1, -0.05) is 19.1 Å². The third-order valence-corrected chi connectivity index (χ3v) is 4.18. The van der Waals surface area contributed by atoms with Crippen LogP contribution in [-0.4, -0.2) is 29.8 Å². The Morgan fingerprint density at radius 3 is 2.70 bits per heavy atom. The van der Waals surface area contributed by atoms with Gasteiger partial charge in [0.25, 0.3) is 0 Å². The summed E-state index contributed by atoms with van der Waals surface area (Å²) >= 11 is 0. The molecular formula is C17H23N3O3. The van der Waals surface area contributed by atoms with Crippen LogP contribution in [0.15, 0.2) is 24.3 Å². The lowest BCUT2D eigenvalue weighted by Crippen LogP contribution is -2.54. The molecule has 0 unspecified atom stereocenters. The largest absolute Gasteiger partial charge is 0.368 e. The number of aryl methyl sites for hydroxylation is 1. The first-order valence-electron chi connectivity index (χ1n) is 7.76. The molecular weight excluding hydrogens is 294 g/mol. The van der Waals surface area contributed by atoms with Gasteiger partial charge in [0, 0.05) is 18.7 Å². The van der Waals surface area contributed by atoms with Crippen LogP contribution in [0.25, 0.3) is 0 Å². The molecule has 23 heavy (non-hydrogen) atoms. The van der Waals surface area contributed by atoms with Gasteiger partial charge in [0.2, 0.25) is 17.7 Å². The Kier molecular flexibility index (Phi) is 4.73. The summed E-state index contributed by atoms with van der Waals surface area (Å²) in [7, 11) is 0. The molecule has 1 aromatic carbocycles. The van der Waals surface area contributed by atoms with Gasteiger partial charge in [0.05, 0.1) is 5.92 Å². The van der Waals surface area contributed by atoms with Gasteiger partial charge >= 0.3 is 0 Å². The number of anilines is 1. The van der Waals surface area contributed by atoms with E-state index in [1.165, 1.54) is 0 Å². The van der Waals surface area contributed by atoms with Crippen LogP contribution in [0.3, 0.4) is 0 Å². The van der Waals surface area contributed by atoms with E-state index in [2.05, 4.69) is 5.32 Å². The number of carbonyl (C=O) groups excluding carboxylic acids is 3. The third kappa shape index (κ3) is 3.70. The van der Waals surface area contributed by atoms with E-state index in [9.17, 15) is 14.4 Å². The van der Waals surface area contributed by atoms with Gasteiger partial charge in [0.1, 0.15) is 5.54 Å². The van der Waals surface area contributed by atoms with Crippen LogP contribution < -0.4 is 16.0 Å². The first-order valence-corrected chi connectivity index (χ1v) is 7.76. The van der Waals surface area contributed by atoms with Crippen molar-refractivity contribution < 1.29 is 14.4 Å². The van der Waals surface area contributed by atoms with Crippen molar-refractivity contribution in [3.8, 4) is 0 Å². The van der Waals surface area contributed by atoms with Crippen molar-refractivity contribution in [3.63, 3.8) is 0 Å². The van der Waals surface area contributed by atoms with Gasteiger partial charge in [-0.05, 0) is 38.0 Å². The first kappa shape index (κ1) is 17.0. The van der Waals surface area contributed by atoms with Crippen LogP contribution in [-0.2, 0) is 20.8 Å². The minimum absolute atomic E-state index is 0.0877. The summed E-state index contributed by atoms with van der Waals surface area (Å²) < 4.78 is 0. The highest BCUT2D eigenvalue weighted by atomic mass is 16.2. The molecule has 1 aromatic rings. The minimum Gasteiger partial charge on any atom is -0.368 e. The summed E-state index contributed by atoms with van der Waals surface area (Å²) in [5.74, 6) is -1.50. The number of nitrogens with one attached hydrogen (secondary N) is 1. The zero-order valence-electron chi connectivity index (χ0n) is 13.8. The normalized spacial score (nSPS) is 18.1. The molecule has 0 bridgehead atoms. The van der Waals surface area contributed by atoms with Crippen LogP contribution in [0.2, 0.25) is 0 Å². The number of hydrogen-bond acceptors (Lipinski definition) is 3. The topological polar surface area (TPSA) is 92.5 Å². The summed E-state index contributed by atoms with van der Waals surface area (Å²) in [6.07, 6.45) is 1.02. The Bertz CT molecular complexity index is 640. The van der Waals surface area contributed by atoms with Gasteiger partial charge in [-0.25, -0.2) is 0 Å². The van der Waals surface area contributed by atoms with Gasteiger partial charge < -0.3 is 16.0 Å². The molecule has 2 rings (SSSR count). The van der Waals surface area contributed by atoms with Gasteiger partial charge in [-0.2, -0.15) is 0 Å². The fraction of sp³-hybridized carbons (Fsp3) is 0.471. The second-order valence-electron chi connectivity index (χ2n) is 6.41. The molecule has 1 aliphatic rings. The van der Waals surface area contributed by atoms with Crippen molar-refractivity contribution in [2.45, 2.75) is 39.2 Å². The number of rotatable bonds is 5. The Balaban J connectivity index is 2.10. The summed E-state index contributed by atoms with van der Waals surface area (Å²) in [5.41, 5.74) is 6.08. The summed E-state index contributed by atoms with van der Waals surface area (Å²) in [4.78, 5) is 37.5. The summed E-state index contributed by atoms with van der Waals surface area (Å²) in [6, 6.07) is 7.74. The van der Waals surface area contributed by atoms with E-state index in [-0.39, 0.29) is 18.2 Å². The number of benzene rings is 1. The van der Waals surface area contributed by atoms with Crippen LogP contribution in [0.4, 0.5) is 5.69 Å². The van der Waals surface area contributed by atoms with E-state index in [0.29, 0.717) is 6.54 Å². The Hall–Kier alpha value is -2.37. The molecule has 0 radical (unpaired) electrons. The van der Waals surface area contributed by atoms with Crippen molar-refractivity contribution in [2.75, 3.05) is 11.4 Å². The molecule has 0 aliphatic carbocycles. The molecule has 1 aliphatic heterocycles. The lowest BCUT2D eigenvalue weighted by atomic mass is 10.0. The van der Waals surface area contributed by atoms with E-state index in [1.54, 1.807) is 18.7 Å². The second kappa shape index (κ2) is 6.40. The van der Waals surface area contributed by atoms with E-state index in [4.69, 9.17) is 5.73 Å². The number of nitrogens with two attached hydrogens (primary N) is 1. The fourth-order valence-corrected chi connectivity index (χ4v) is 2.55. The van der Waals surface area contributed by atoms with Crippen LogP contribution in [0.1, 0.15) is 32.8 Å². The van der Waals surface area contributed by atoms with Crippen molar-refractivity contribution in [1.82, 2.24) is 5.32 Å². The van der Waals surface area contributed by atoms with Gasteiger partial charge in [0.15, 0.2) is 0 Å². The number of hydrogen-bond donors (Lipinski definition) is 2. The first-order chi connectivity index (χ1) is 10.7. The molecule has 1 atom stereocenters. The number of carbonyl (C=O) groups is 3. The maximum Gasteiger partial charge on any atom is 0.242 e. The van der Waals surface area contributed by atoms with Crippen molar-refractivity contribution in [3.05, 3.63) is 29.8 Å².